The first-order chi connectivity index (χ1) is 13.4. The van der Waals surface area contributed by atoms with Gasteiger partial charge in [0.05, 0.1) is 4.92 Å². The number of benzene rings is 2. The average Bonchev–Trinajstić information content (AvgIpc) is 2.66. The molecule has 3 N–H and O–H groups in total. The number of anilines is 3. The molecule has 0 aliphatic heterocycles. The highest BCUT2D eigenvalue weighted by Gasteiger charge is 2.23. The van der Waals surface area contributed by atoms with Crippen molar-refractivity contribution in [2.24, 2.45) is 0 Å². The minimum absolute atomic E-state index is 0.00555. The molecular formula is C18H15BrN6O3. The zero-order valence-electron chi connectivity index (χ0n) is 14.6. The van der Waals surface area contributed by atoms with E-state index < -0.39 is 10.8 Å². The van der Waals surface area contributed by atoms with E-state index in [1.165, 1.54) is 6.33 Å². The fourth-order valence-electron chi connectivity index (χ4n) is 2.38. The van der Waals surface area contributed by atoms with Crippen LogP contribution in [-0.4, -0.2) is 20.8 Å². The van der Waals surface area contributed by atoms with E-state index >= 15 is 0 Å². The number of halogens is 1. The maximum atomic E-state index is 12.2. The number of aryl methyl sites for hydroxylation is 1. The second-order valence-corrected chi connectivity index (χ2v) is 6.67. The fourth-order valence-corrected chi connectivity index (χ4v) is 2.65. The Morgan fingerprint density at radius 1 is 1.11 bits per heavy atom. The molecule has 1 amide bonds. The van der Waals surface area contributed by atoms with E-state index in [9.17, 15) is 14.9 Å². The SMILES string of the molecule is Cc1cccc(Nc2ncnc(NNC(=O)c3ccc(Br)cc3)c2[N+](=O)[O-])c1. The van der Waals surface area contributed by atoms with E-state index in [4.69, 9.17) is 0 Å². The van der Waals surface area contributed by atoms with E-state index in [2.05, 4.69) is 42.1 Å². The van der Waals surface area contributed by atoms with Crippen LogP contribution in [0, 0.1) is 17.0 Å². The normalized spacial score (nSPS) is 10.2. The van der Waals surface area contributed by atoms with Gasteiger partial charge in [-0.15, -0.1) is 0 Å². The summed E-state index contributed by atoms with van der Waals surface area (Å²) in [7, 11) is 0. The lowest BCUT2D eigenvalue weighted by Gasteiger charge is -2.11. The molecule has 1 heterocycles. The summed E-state index contributed by atoms with van der Waals surface area (Å²) in [6.45, 7) is 1.91. The Hall–Kier alpha value is -3.53. The van der Waals surface area contributed by atoms with Crippen LogP contribution in [0.4, 0.5) is 23.0 Å². The molecule has 28 heavy (non-hydrogen) atoms. The van der Waals surface area contributed by atoms with Crippen LogP contribution in [-0.2, 0) is 0 Å². The van der Waals surface area contributed by atoms with Gasteiger partial charge in [0.2, 0.25) is 11.6 Å². The fraction of sp³-hybridized carbons (Fsp3) is 0.0556. The number of carbonyl (C=O) groups excluding carboxylic acids is 1. The summed E-state index contributed by atoms with van der Waals surface area (Å²) in [6.07, 6.45) is 1.17. The van der Waals surface area contributed by atoms with Gasteiger partial charge < -0.3 is 5.32 Å². The highest BCUT2D eigenvalue weighted by atomic mass is 79.9. The zero-order valence-corrected chi connectivity index (χ0v) is 16.2. The Labute approximate surface area is 168 Å². The smallest absolute Gasteiger partial charge is 0.334 e. The maximum Gasteiger partial charge on any atom is 0.355 e. The number of hydrogen-bond acceptors (Lipinski definition) is 7. The van der Waals surface area contributed by atoms with Crippen LogP contribution in [0.2, 0.25) is 0 Å². The van der Waals surface area contributed by atoms with Crippen LogP contribution in [0.25, 0.3) is 0 Å². The number of nitrogens with one attached hydrogen (secondary N) is 3. The molecule has 0 saturated heterocycles. The van der Waals surface area contributed by atoms with E-state index in [1.54, 1.807) is 30.3 Å². The zero-order chi connectivity index (χ0) is 20.1. The van der Waals surface area contributed by atoms with Gasteiger partial charge in [-0.05, 0) is 48.9 Å². The third-order valence-corrected chi connectivity index (χ3v) is 4.22. The molecule has 0 atom stereocenters. The molecule has 10 heteroatoms. The lowest BCUT2D eigenvalue weighted by atomic mass is 10.2. The Balaban J connectivity index is 1.82. The van der Waals surface area contributed by atoms with Crippen molar-refractivity contribution < 1.29 is 9.72 Å². The van der Waals surface area contributed by atoms with Crippen molar-refractivity contribution >= 4 is 44.8 Å². The average molecular weight is 443 g/mol. The minimum Gasteiger partial charge on any atom is -0.334 e. The number of nitrogens with zero attached hydrogens (tertiary/aromatic N) is 3. The predicted molar refractivity (Wildman–Crippen MR) is 108 cm³/mol. The summed E-state index contributed by atoms with van der Waals surface area (Å²) in [5, 5.41) is 14.5. The highest BCUT2D eigenvalue weighted by Crippen LogP contribution is 2.30. The summed E-state index contributed by atoms with van der Waals surface area (Å²) >= 11 is 3.29. The van der Waals surface area contributed by atoms with Gasteiger partial charge in [0, 0.05) is 15.7 Å². The monoisotopic (exact) mass is 442 g/mol. The van der Waals surface area contributed by atoms with Crippen molar-refractivity contribution in [2.45, 2.75) is 6.92 Å². The van der Waals surface area contributed by atoms with Crippen molar-refractivity contribution in [3.8, 4) is 0 Å². The molecular weight excluding hydrogens is 428 g/mol. The van der Waals surface area contributed by atoms with Gasteiger partial charge in [0.25, 0.3) is 5.91 Å². The van der Waals surface area contributed by atoms with Gasteiger partial charge in [0.15, 0.2) is 0 Å². The number of aromatic nitrogens is 2. The minimum atomic E-state index is -0.619. The standard InChI is InChI=1S/C18H15BrN6O3/c1-11-3-2-4-14(9-11)22-16-15(25(27)28)17(21-10-20-16)23-24-18(26)12-5-7-13(19)8-6-12/h2-10H,1H3,(H,24,26)(H2,20,21,22,23). The number of hydrogen-bond donors (Lipinski definition) is 3. The van der Waals surface area contributed by atoms with Gasteiger partial charge >= 0.3 is 5.69 Å². The van der Waals surface area contributed by atoms with E-state index in [0.717, 1.165) is 10.0 Å². The summed E-state index contributed by atoms with van der Waals surface area (Å²) in [6, 6.07) is 14.0. The van der Waals surface area contributed by atoms with Gasteiger partial charge in [0.1, 0.15) is 6.33 Å². The largest absolute Gasteiger partial charge is 0.355 e. The summed E-state index contributed by atoms with van der Waals surface area (Å²) in [4.78, 5) is 31.0. The van der Waals surface area contributed by atoms with Crippen LogP contribution in [0.15, 0.2) is 59.3 Å². The Morgan fingerprint density at radius 3 is 2.50 bits per heavy atom. The number of carbonyl (C=O) groups is 1. The molecule has 0 saturated carbocycles. The first-order valence-corrected chi connectivity index (χ1v) is 8.88. The van der Waals surface area contributed by atoms with Gasteiger partial charge in [-0.2, -0.15) is 0 Å². The molecule has 3 aromatic rings. The van der Waals surface area contributed by atoms with Crippen LogP contribution < -0.4 is 16.2 Å². The van der Waals surface area contributed by atoms with Crippen molar-refractivity contribution in [3.63, 3.8) is 0 Å². The number of nitro groups is 1. The first kappa shape index (κ1) is 19.2. The van der Waals surface area contributed by atoms with Crippen molar-refractivity contribution in [2.75, 3.05) is 10.7 Å². The molecule has 0 unspecified atom stereocenters. The van der Waals surface area contributed by atoms with Crippen molar-refractivity contribution in [3.05, 3.63) is 80.6 Å². The maximum absolute atomic E-state index is 12.2. The molecule has 0 fully saturated rings. The van der Waals surface area contributed by atoms with Crippen LogP contribution in [0.3, 0.4) is 0 Å². The molecule has 0 aliphatic rings. The predicted octanol–water partition coefficient (Wildman–Crippen LogP) is 3.96. The quantitative estimate of drug-likeness (QED) is 0.389. The van der Waals surface area contributed by atoms with Crippen molar-refractivity contribution in [1.82, 2.24) is 15.4 Å². The molecule has 0 bridgehead atoms. The lowest BCUT2D eigenvalue weighted by Crippen LogP contribution is -2.30. The van der Waals surface area contributed by atoms with Crippen LogP contribution in [0.5, 0.6) is 0 Å². The van der Waals surface area contributed by atoms with Gasteiger partial charge in [-0.25, -0.2) is 9.97 Å². The molecule has 0 spiro atoms. The Morgan fingerprint density at radius 2 is 1.82 bits per heavy atom. The molecule has 0 aliphatic carbocycles. The molecule has 2 aromatic carbocycles. The molecule has 0 radical (unpaired) electrons. The Bertz CT molecular complexity index is 1030. The molecule has 142 valence electrons. The molecule has 9 nitrogen and oxygen atoms in total. The summed E-state index contributed by atoms with van der Waals surface area (Å²) in [5.74, 6) is -0.597. The second kappa shape index (κ2) is 8.44. The highest BCUT2D eigenvalue weighted by molar-refractivity contribution is 9.10. The van der Waals surface area contributed by atoms with Crippen LogP contribution >= 0.6 is 15.9 Å². The van der Waals surface area contributed by atoms with Crippen LogP contribution in [0.1, 0.15) is 15.9 Å². The summed E-state index contributed by atoms with van der Waals surface area (Å²) < 4.78 is 0.829. The second-order valence-electron chi connectivity index (χ2n) is 5.76. The first-order valence-electron chi connectivity index (χ1n) is 8.09. The van der Waals surface area contributed by atoms with E-state index in [0.29, 0.717) is 11.3 Å². The molecule has 1 aromatic heterocycles. The summed E-state index contributed by atoms with van der Waals surface area (Å²) in [5.41, 5.74) is 6.53. The topological polar surface area (TPSA) is 122 Å². The number of hydrazine groups is 1. The lowest BCUT2D eigenvalue weighted by molar-refractivity contribution is -0.383. The third-order valence-electron chi connectivity index (χ3n) is 3.69. The number of rotatable bonds is 6. The Kier molecular flexibility index (Phi) is 5.80. The third kappa shape index (κ3) is 4.60. The molecule has 3 rings (SSSR count). The number of amides is 1. The van der Waals surface area contributed by atoms with Gasteiger partial charge in [-0.3, -0.25) is 25.8 Å². The van der Waals surface area contributed by atoms with Gasteiger partial charge in [-0.1, -0.05) is 28.1 Å². The van der Waals surface area contributed by atoms with E-state index in [1.807, 2.05) is 25.1 Å². The van der Waals surface area contributed by atoms with Crippen molar-refractivity contribution in [1.29, 1.82) is 0 Å². The van der Waals surface area contributed by atoms with E-state index in [-0.39, 0.29) is 17.3 Å².